The molecule has 0 aliphatic carbocycles. The molecule has 0 radical (unpaired) electrons. The van der Waals surface area contributed by atoms with Gasteiger partial charge >= 0.3 is 0 Å². The smallest absolute Gasteiger partial charge is 0.226 e. The van der Waals surface area contributed by atoms with Crippen molar-refractivity contribution >= 4 is 0 Å². The van der Waals surface area contributed by atoms with Crippen LogP contribution in [0.2, 0.25) is 0 Å². The van der Waals surface area contributed by atoms with Crippen LogP contribution in [-0.2, 0) is 13.0 Å². The maximum absolute atomic E-state index is 9.41. The maximum atomic E-state index is 9.41. The van der Waals surface area contributed by atoms with E-state index in [4.69, 9.17) is 4.52 Å². The van der Waals surface area contributed by atoms with Crippen molar-refractivity contribution in [2.45, 2.75) is 39.3 Å². The normalized spacial score (nSPS) is 12.9. The molecule has 2 aromatic heterocycles. The van der Waals surface area contributed by atoms with E-state index in [2.05, 4.69) is 17.1 Å². The van der Waals surface area contributed by atoms with Crippen molar-refractivity contribution in [1.82, 2.24) is 14.7 Å². The minimum atomic E-state index is -0.447. The Kier molecular flexibility index (Phi) is 3.58. The number of aryl methyl sites for hydroxylation is 1. The Hall–Kier alpha value is -1.62. The van der Waals surface area contributed by atoms with Crippen LogP contribution in [0.3, 0.4) is 0 Å². The predicted octanol–water partition coefficient (Wildman–Crippen LogP) is 1.93. The summed E-state index contributed by atoms with van der Waals surface area (Å²) in [7, 11) is 0. The van der Waals surface area contributed by atoms with Crippen molar-refractivity contribution in [2.75, 3.05) is 0 Å². The van der Waals surface area contributed by atoms with E-state index in [1.807, 2.05) is 23.0 Å². The third-order valence-corrected chi connectivity index (χ3v) is 2.55. The number of rotatable bonds is 5. The highest BCUT2D eigenvalue weighted by atomic mass is 16.5. The van der Waals surface area contributed by atoms with Gasteiger partial charge in [-0.15, -0.1) is 0 Å². The molecule has 2 aromatic rings. The van der Waals surface area contributed by atoms with Crippen LogP contribution < -0.4 is 0 Å². The van der Waals surface area contributed by atoms with Crippen LogP contribution in [0.1, 0.15) is 43.7 Å². The molecule has 0 aliphatic heterocycles. The molecule has 0 bridgehead atoms. The Morgan fingerprint density at radius 3 is 3.00 bits per heavy atom. The average Bonchev–Trinajstić information content (AvgIpc) is 2.89. The van der Waals surface area contributed by atoms with Gasteiger partial charge in [0.05, 0.1) is 12.6 Å². The van der Waals surface area contributed by atoms with Gasteiger partial charge in [-0.3, -0.25) is 0 Å². The minimum Gasteiger partial charge on any atom is -0.389 e. The molecule has 0 spiro atoms. The average molecular weight is 235 g/mol. The Balaban J connectivity index is 2.03. The molecule has 1 N–H and O–H groups in total. The van der Waals surface area contributed by atoms with Crippen LogP contribution in [0, 0.1) is 0 Å². The highest BCUT2D eigenvalue weighted by Gasteiger charge is 2.07. The zero-order valence-corrected chi connectivity index (χ0v) is 10.1. The first-order valence-corrected chi connectivity index (χ1v) is 5.84. The molecule has 0 aromatic carbocycles. The van der Waals surface area contributed by atoms with E-state index in [1.54, 1.807) is 6.92 Å². The largest absolute Gasteiger partial charge is 0.389 e. The van der Waals surface area contributed by atoms with E-state index in [0.717, 1.165) is 18.4 Å². The van der Waals surface area contributed by atoms with Crippen molar-refractivity contribution in [2.24, 2.45) is 0 Å². The number of hydrogen-bond donors (Lipinski definition) is 1. The first-order valence-electron chi connectivity index (χ1n) is 5.84. The van der Waals surface area contributed by atoms with E-state index in [9.17, 15) is 5.11 Å². The molecule has 0 saturated carbocycles. The quantitative estimate of drug-likeness (QED) is 0.860. The lowest BCUT2D eigenvalue weighted by atomic mass is 10.2. The van der Waals surface area contributed by atoms with Crippen molar-refractivity contribution in [1.29, 1.82) is 0 Å². The van der Waals surface area contributed by atoms with Crippen LogP contribution in [-0.4, -0.2) is 19.8 Å². The van der Waals surface area contributed by atoms with E-state index >= 15 is 0 Å². The first-order chi connectivity index (χ1) is 8.19. The van der Waals surface area contributed by atoms with Crippen LogP contribution in [0.25, 0.3) is 0 Å². The third-order valence-electron chi connectivity index (χ3n) is 2.55. The van der Waals surface area contributed by atoms with Crippen molar-refractivity contribution in [3.63, 3.8) is 0 Å². The second-order valence-electron chi connectivity index (χ2n) is 4.15. The van der Waals surface area contributed by atoms with Gasteiger partial charge in [0, 0.05) is 18.8 Å². The molecule has 0 aliphatic rings. The van der Waals surface area contributed by atoms with Crippen LogP contribution >= 0.6 is 0 Å². The molecule has 1 unspecified atom stereocenters. The van der Waals surface area contributed by atoms with Gasteiger partial charge in [0.1, 0.15) is 0 Å². The topological polar surface area (TPSA) is 64.1 Å². The van der Waals surface area contributed by atoms with Crippen LogP contribution in [0.5, 0.6) is 0 Å². The monoisotopic (exact) mass is 235 g/mol. The van der Waals surface area contributed by atoms with E-state index in [-0.39, 0.29) is 0 Å². The Labute approximate surface area is 100 Å². The van der Waals surface area contributed by atoms with Crippen molar-refractivity contribution in [3.05, 3.63) is 35.7 Å². The van der Waals surface area contributed by atoms with Gasteiger partial charge in [0.25, 0.3) is 0 Å². The molecule has 2 heterocycles. The van der Waals surface area contributed by atoms with Gasteiger partial charge in [-0.05, 0) is 25.0 Å². The molecule has 5 heteroatoms. The number of aromatic nitrogens is 3. The lowest BCUT2D eigenvalue weighted by Gasteiger charge is -1.99. The Bertz CT molecular complexity index is 474. The Morgan fingerprint density at radius 2 is 2.35 bits per heavy atom. The summed E-state index contributed by atoms with van der Waals surface area (Å²) in [5.74, 6) is 1.35. The number of nitrogens with zero attached hydrogens (tertiary/aromatic N) is 3. The molecular formula is C12H17N3O2. The van der Waals surface area contributed by atoms with Gasteiger partial charge in [0.2, 0.25) is 5.89 Å². The molecule has 2 rings (SSSR count). The fraction of sp³-hybridized carbons (Fsp3) is 0.500. The molecule has 17 heavy (non-hydrogen) atoms. The fourth-order valence-electron chi connectivity index (χ4n) is 1.64. The molecule has 92 valence electrons. The highest BCUT2D eigenvalue weighted by molar-refractivity contribution is 5.13. The standard InChI is InChI=1S/C12H17N3O2/c1-3-4-12-13-11(14-17-12)8-15-6-5-10(7-15)9(2)16/h5-7,9,16H,3-4,8H2,1-2H3. The SMILES string of the molecule is CCCc1nc(Cn2ccc(C(C)O)c2)no1. The van der Waals surface area contributed by atoms with Crippen LogP contribution in [0.4, 0.5) is 0 Å². The summed E-state index contributed by atoms with van der Waals surface area (Å²) in [6.07, 6.45) is 5.16. The predicted molar refractivity (Wildman–Crippen MR) is 62.5 cm³/mol. The van der Waals surface area contributed by atoms with Crippen molar-refractivity contribution in [3.8, 4) is 0 Å². The van der Waals surface area contributed by atoms with Crippen LogP contribution in [0.15, 0.2) is 23.0 Å². The highest BCUT2D eigenvalue weighted by Crippen LogP contribution is 2.12. The fourth-order valence-corrected chi connectivity index (χ4v) is 1.64. The van der Waals surface area contributed by atoms with E-state index in [1.165, 1.54) is 0 Å². The van der Waals surface area contributed by atoms with Crippen molar-refractivity contribution < 1.29 is 9.63 Å². The number of aliphatic hydroxyl groups is 1. The molecule has 5 nitrogen and oxygen atoms in total. The van der Waals surface area contributed by atoms with Gasteiger partial charge in [-0.25, -0.2) is 0 Å². The summed E-state index contributed by atoms with van der Waals surface area (Å²) in [4.78, 5) is 4.29. The van der Waals surface area contributed by atoms with E-state index < -0.39 is 6.10 Å². The molecular weight excluding hydrogens is 218 g/mol. The molecule has 0 saturated heterocycles. The summed E-state index contributed by atoms with van der Waals surface area (Å²) in [6, 6.07) is 1.89. The minimum absolute atomic E-state index is 0.447. The zero-order chi connectivity index (χ0) is 12.3. The maximum Gasteiger partial charge on any atom is 0.226 e. The van der Waals surface area contributed by atoms with Gasteiger partial charge in [-0.1, -0.05) is 12.1 Å². The summed E-state index contributed by atoms with van der Waals surface area (Å²) in [5, 5.41) is 13.3. The summed E-state index contributed by atoms with van der Waals surface area (Å²) < 4.78 is 7.04. The van der Waals surface area contributed by atoms with Gasteiger partial charge in [-0.2, -0.15) is 4.98 Å². The summed E-state index contributed by atoms with van der Waals surface area (Å²) >= 11 is 0. The third kappa shape index (κ3) is 2.94. The number of hydrogen-bond acceptors (Lipinski definition) is 4. The lowest BCUT2D eigenvalue weighted by Crippen LogP contribution is -1.99. The summed E-state index contributed by atoms with van der Waals surface area (Å²) in [6.45, 7) is 4.39. The van der Waals surface area contributed by atoms with Gasteiger partial charge < -0.3 is 14.2 Å². The second-order valence-corrected chi connectivity index (χ2v) is 4.15. The van der Waals surface area contributed by atoms with Gasteiger partial charge in [0.15, 0.2) is 5.82 Å². The lowest BCUT2D eigenvalue weighted by molar-refractivity contribution is 0.199. The van der Waals surface area contributed by atoms with E-state index in [0.29, 0.717) is 18.3 Å². The second kappa shape index (κ2) is 5.14. The molecule has 1 atom stereocenters. The Morgan fingerprint density at radius 1 is 1.53 bits per heavy atom. The first kappa shape index (κ1) is 11.9. The number of aliphatic hydroxyl groups excluding tert-OH is 1. The molecule has 0 fully saturated rings. The summed E-state index contributed by atoms with van der Waals surface area (Å²) in [5.41, 5.74) is 0.891. The zero-order valence-electron chi connectivity index (χ0n) is 10.1. The molecule has 0 amide bonds.